The van der Waals surface area contributed by atoms with Gasteiger partial charge in [-0.25, -0.2) is 8.42 Å². The lowest BCUT2D eigenvalue weighted by molar-refractivity contribution is -0.117. The van der Waals surface area contributed by atoms with E-state index in [-0.39, 0.29) is 29.5 Å². The van der Waals surface area contributed by atoms with Crippen LogP contribution in [0.25, 0.3) is 11.1 Å². The van der Waals surface area contributed by atoms with Crippen LogP contribution in [-0.2, 0) is 14.8 Å². The van der Waals surface area contributed by atoms with Crippen molar-refractivity contribution in [3.05, 3.63) is 95.6 Å². The summed E-state index contributed by atoms with van der Waals surface area (Å²) in [7, 11) is -4.71. The third-order valence-corrected chi connectivity index (χ3v) is 10.1. The van der Waals surface area contributed by atoms with E-state index in [0.29, 0.717) is 32.3 Å². The molecule has 2 aliphatic rings. The highest BCUT2D eigenvalue weighted by Crippen LogP contribution is 2.58. The molecule has 0 heterocycles. The van der Waals surface area contributed by atoms with Crippen molar-refractivity contribution < 1.29 is 41.7 Å². The molecule has 1 amide bonds. The van der Waals surface area contributed by atoms with E-state index in [1.807, 2.05) is 0 Å². The van der Waals surface area contributed by atoms with Crippen LogP contribution >= 0.6 is 0 Å². The van der Waals surface area contributed by atoms with Crippen LogP contribution in [0.2, 0.25) is 0 Å². The summed E-state index contributed by atoms with van der Waals surface area (Å²) in [5.74, 6) is -2.37. The number of halogens is 3. The van der Waals surface area contributed by atoms with Crippen molar-refractivity contribution in [2.24, 2.45) is 11.8 Å². The smallest absolute Gasteiger partial charge is 0.407 e. The number of amides is 1. The molecule has 232 valence electrons. The minimum atomic E-state index is -4.87. The quantitative estimate of drug-likeness (QED) is 0.238. The Morgan fingerprint density at radius 2 is 1.43 bits per heavy atom. The predicted molar refractivity (Wildman–Crippen MR) is 161 cm³/mol. The van der Waals surface area contributed by atoms with E-state index >= 15 is 0 Å². The number of hydrogen-bond acceptors (Lipinski definition) is 6. The first-order valence-corrected chi connectivity index (χ1v) is 15.3. The van der Waals surface area contributed by atoms with Crippen LogP contribution in [0.15, 0.2) is 84.4 Å². The standard InChI is InChI=1S/C32H31F3N2O6S/c1-18(2)15-27(40)36-21-7-3-19(4-8-21)28-25-16-26(30(31(25)41)29(28)20-5-11-23(38)12-6-20)44(42,43)37(17-32(33,34)35)22-9-13-24(39)14-10-22/h3-15,25-26,30-31,38-39,41H,16-17H2,1-2H3,(H,36,40). The van der Waals surface area contributed by atoms with Gasteiger partial charge >= 0.3 is 6.18 Å². The van der Waals surface area contributed by atoms with Gasteiger partial charge in [-0.3, -0.25) is 9.10 Å². The Morgan fingerprint density at radius 1 is 0.909 bits per heavy atom. The molecular weight excluding hydrogens is 597 g/mol. The summed E-state index contributed by atoms with van der Waals surface area (Å²) < 4.78 is 69.6. The summed E-state index contributed by atoms with van der Waals surface area (Å²) in [5, 5.41) is 32.4. The number of fused-ring (bicyclic) bond motifs is 2. The van der Waals surface area contributed by atoms with E-state index in [2.05, 4.69) is 5.32 Å². The second-order valence-corrected chi connectivity index (χ2v) is 13.3. The van der Waals surface area contributed by atoms with Gasteiger partial charge in [0, 0.05) is 23.6 Å². The van der Waals surface area contributed by atoms with E-state index in [1.54, 1.807) is 50.2 Å². The molecule has 3 aromatic carbocycles. The van der Waals surface area contributed by atoms with Crippen molar-refractivity contribution >= 4 is 38.5 Å². The maximum absolute atomic E-state index is 14.1. The molecule has 4 unspecified atom stereocenters. The van der Waals surface area contributed by atoms with Gasteiger partial charge in [0.05, 0.1) is 17.0 Å². The van der Waals surface area contributed by atoms with Gasteiger partial charge in [-0.1, -0.05) is 29.8 Å². The summed E-state index contributed by atoms with van der Waals surface area (Å²) in [5.41, 5.74) is 3.35. The van der Waals surface area contributed by atoms with E-state index < -0.39 is 45.9 Å². The number of sulfonamides is 1. The molecule has 12 heteroatoms. The molecule has 1 fully saturated rings. The first-order valence-electron chi connectivity index (χ1n) is 13.8. The maximum Gasteiger partial charge on any atom is 0.407 e. The molecule has 3 aromatic rings. The number of phenols is 2. The van der Waals surface area contributed by atoms with E-state index in [0.717, 1.165) is 29.8 Å². The molecule has 0 radical (unpaired) electrons. The highest BCUT2D eigenvalue weighted by molar-refractivity contribution is 7.93. The average molecular weight is 629 g/mol. The van der Waals surface area contributed by atoms with Crippen molar-refractivity contribution in [1.82, 2.24) is 0 Å². The molecule has 4 N–H and O–H groups in total. The topological polar surface area (TPSA) is 127 Å². The van der Waals surface area contributed by atoms with Gasteiger partial charge in [-0.05, 0) is 91.1 Å². The number of benzene rings is 3. The molecular formula is C32H31F3N2O6S. The molecule has 0 aromatic heterocycles. The molecule has 44 heavy (non-hydrogen) atoms. The van der Waals surface area contributed by atoms with Crippen molar-refractivity contribution in [1.29, 1.82) is 0 Å². The van der Waals surface area contributed by atoms with Crippen LogP contribution in [0.5, 0.6) is 11.5 Å². The molecule has 0 saturated heterocycles. The Hall–Kier alpha value is -4.29. The van der Waals surface area contributed by atoms with Crippen LogP contribution < -0.4 is 9.62 Å². The van der Waals surface area contributed by atoms with Crippen LogP contribution in [-0.4, -0.2) is 53.7 Å². The molecule has 4 atom stereocenters. The number of phenolic OH excluding ortho intramolecular Hbond substituents is 2. The number of alkyl halides is 3. The molecule has 0 aliphatic heterocycles. The highest BCUT2D eigenvalue weighted by atomic mass is 32.2. The second kappa shape index (κ2) is 11.7. The SMILES string of the molecule is CC(C)=CC(=O)Nc1ccc(C2=C(c3ccc(O)cc3)C3C(O)C2CC3S(=O)(=O)N(CC(F)(F)F)c2ccc(O)cc2)cc1. The lowest BCUT2D eigenvalue weighted by Crippen LogP contribution is -2.46. The fourth-order valence-electron chi connectivity index (χ4n) is 6.14. The zero-order valence-corrected chi connectivity index (χ0v) is 24.6. The fourth-order valence-corrected chi connectivity index (χ4v) is 8.33. The lowest BCUT2D eigenvalue weighted by Gasteiger charge is -2.33. The summed E-state index contributed by atoms with van der Waals surface area (Å²) in [6, 6.07) is 17.2. The Kier molecular flexibility index (Phi) is 8.25. The lowest BCUT2D eigenvalue weighted by atomic mass is 9.83. The molecule has 5 rings (SSSR count). The van der Waals surface area contributed by atoms with Gasteiger partial charge < -0.3 is 20.6 Å². The first kappa shape index (κ1) is 31.1. The normalized spacial score (nSPS) is 21.3. The highest BCUT2D eigenvalue weighted by Gasteiger charge is 2.58. The predicted octanol–water partition coefficient (Wildman–Crippen LogP) is 5.69. The Bertz CT molecular complexity index is 1710. The van der Waals surface area contributed by atoms with Gasteiger partial charge in [0.25, 0.3) is 0 Å². The largest absolute Gasteiger partial charge is 0.508 e. The van der Waals surface area contributed by atoms with E-state index in [4.69, 9.17) is 0 Å². The zero-order chi connectivity index (χ0) is 32.0. The van der Waals surface area contributed by atoms with Crippen LogP contribution in [0.3, 0.4) is 0 Å². The number of anilines is 2. The number of aliphatic hydroxyl groups excluding tert-OH is 1. The molecule has 2 aliphatic carbocycles. The number of aromatic hydroxyl groups is 2. The molecule has 8 nitrogen and oxygen atoms in total. The average Bonchev–Trinajstić information content (AvgIpc) is 3.42. The number of aliphatic hydroxyl groups is 1. The van der Waals surface area contributed by atoms with E-state index in [1.165, 1.54) is 18.2 Å². The Morgan fingerprint density at radius 3 is 1.98 bits per heavy atom. The summed E-state index contributed by atoms with van der Waals surface area (Å²) in [6.07, 6.45) is -4.76. The number of hydrogen-bond donors (Lipinski definition) is 4. The van der Waals surface area contributed by atoms with Crippen molar-refractivity contribution in [3.63, 3.8) is 0 Å². The second-order valence-electron chi connectivity index (χ2n) is 11.2. The Labute approximate surface area is 252 Å². The number of nitrogens with zero attached hydrogens (tertiary/aromatic N) is 1. The van der Waals surface area contributed by atoms with Gasteiger partial charge in [0.15, 0.2) is 0 Å². The molecule has 1 saturated carbocycles. The van der Waals surface area contributed by atoms with Gasteiger partial charge in [0.1, 0.15) is 18.0 Å². The maximum atomic E-state index is 14.1. The number of nitrogens with one attached hydrogen (secondary N) is 1. The monoisotopic (exact) mass is 628 g/mol. The number of rotatable bonds is 8. The third kappa shape index (κ3) is 6.18. The van der Waals surface area contributed by atoms with E-state index in [9.17, 15) is 41.7 Å². The number of carbonyl (C=O) groups is 1. The number of carbonyl (C=O) groups excluding carboxylic acids is 1. The fraction of sp³-hybridized carbons (Fsp3) is 0.281. The van der Waals surface area contributed by atoms with Crippen molar-refractivity contribution in [2.45, 2.75) is 37.8 Å². The minimum absolute atomic E-state index is 0.0380. The first-order chi connectivity index (χ1) is 20.7. The summed E-state index contributed by atoms with van der Waals surface area (Å²) in [4.78, 5) is 12.2. The van der Waals surface area contributed by atoms with Gasteiger partial charge in [0.2, 0.25) is 15.9 Å². The van der Waals surface area contributed by atoms with Crippen molar-refractivity contribution in [3.8, 4) is 11.5 Å². The summed E-state index contributed by atoms with van der Waals surface area (Å²) >= 11 is 0. The minimum Gasteiger partial charge on any atom is -0.508 e. The van der Waals surface area contributed by atoms with Crippen LogP contribution in [0, 0.1) is 11.8 Å². The van der Waals surface area contributed by atoms with Crippen molar-refractivity contribution in [2.75, 3.05) is 16.2 Å². The molecule has 2 bridgehead atoms. The van der Waals surface area contributed by atoms with Crippen LogP contribution in [0.1, 0.15) is 31.4 Å². The van der Waals surface area contributed by atoms with Gasteiger partial charge in [-0.2, -0.15) is 13.2 Å². The Balaban J connectivity index is 1.59. The summed E-state index contributed by atoms with van der Waals surface area (Å²) in [6.45, 7) is 1.80. The zero-order valence-electron chi connectivity index (χ0n) is 23.8. The molecule has 0 spiro atoms. The number of allylic oxidation sites excluding steroid dienone is 1. The van der Waals surface area contributed by atoms with Crippen LogP contribution in [0.4, 0.5) is 24.5 Å². The van der Waals surface area contributed by atoms with Gasteiger partial charge in [-0.15, -0.1) is 0 Å². The third-order valence-electron chi connectivity index (χ3n) is 7.87.